The zero-order valence-corrected chi connectivity index (χ0v) is 20.0. The molecule has 0 saturated heterocycles. The largest absolute Gasteiger partial charge is 0.494 e. The van der Waals surface area contributed by atoms with Crippen LogP contribution in [0.1, 0.15) is 58.1 Å². The van der Waals surface area contributed by atoms with E-state index in [1.165, 1.54) is 13.8 Å². The maximum atomic E-state index is 11.5. The highest BCUT2D eigenvalue weighted by molar-refractivity contribution is 5.85. The summed E-state index contributed by atoms with van der Waals surface area (Å²) in [5.41, 5.74) is 1.61. The number of carbonyl (C=O) groups excluding carboxylic acids is 2. The second kappa shape index (κ2) is 13.9. The van der Waals surface area contributed by atoms with Crippen molar-refractivity contribution in [3.8, 4) is 17.2 Å². The van der Waals surface area contributed by atoms with Gasteiger partial charge in [-0.3, -0.25) is 14.4 Å². The first-order valence-corrected chi connectivity index (χ1v) is 11.7. The number of rotatable bonds is 12. The van der Waals surface area contributed by atoms with E-state index >= 15 is 0 Å². The van der Waals surface area contributed by atoms with Crippen LogP contribution >= 0.6 is 0 Å². The van der Waals surface area contributed by atoms with E-state index in [0.29, 0.717) is 18.8 Å². The van der Waals surface area contributed by atoms with Gasteiger partial charge in [0.05, 0.1) is 13.0 Å². The highest BCUT2D eigenvalue weighted by Gasteiger charge is 2.14. The minimum absolute atomic E-state index is 0. The topological polar surface area (TPSA) is 99.1 Å². The molecule has 0 aliphatic carbocycles. The molecule has 0 spiro atoms. The minimum atomic E-state index is -0.843. The molecule has 7 heteroatoms. The number of esters is 2. The summed E-state index contributed by atoms with van der Waals surface area (Å²) in [6, 6.07) is 16.7. The summed E-state index contributed by atoms with van der Waals surface area (Å²) in [6.45, 7) is 3.23. The molecule has 0 fully saturated rings. The highest BCUT2D eigenvalue weighted by Crippen LogP contribution is 2.33. The predicted molar refractivity (Wildman–Crippen MR) is 139 cm³/mol. The molecule has 0 heterocycles. The van der Waals surface area contributed by atoms with Gasteiger partial charge < -0.3 is 19.3 Å². The van der Waals surface area contributed by atoms with Crippen molar-refractivity contribution in [1.29, 1.82) is 0 Å². The summed E-state index contributed by atoms with van der Waals surface area (Å²) in [7, 11) is 0. The molecular formula is C29H34O7. The SMILES string of the molecule is C.CC(=O)Oc1cccc(CCCCCCOc2ccc3cc(CC(=O)O)ccc3c2)c1OC(C)=O. The Kier molecular flexibility index (Phi) is 10.9. The van der Waals surface area contributed by atoms with Gasteiger partial charge in [-0.05, 0) is 59.4 Å². The number of carbonyl (C=O) groups is 3. The number of unbranched alkanes of at least 4 members (excludes halogenated alkanes) is 3. The van der Waals surface area contributed by atoms with Crippen molar-refractivity contribution >= 4 is 28.7 Å². The Morgan fingerprint density at radius 2 is 1.50 bits per heavy atom. The first-order valence-electron chi connectivity index (χ1n) is 11.7. The van der Waals surface area contributed by atoms with Gasteiger partial charge in [0.25, 0.3) is 0 Å². The van der Waals surface area contributed by atoms with Crippen LogP contribution in [0.3, 0.4) is 0 Å². The van der Waals surface area contributed by atoms with Gasteiger partial charge in [0.1, 0.15) is 5.75 Å². The fourth-order valence-electron chi connectivity index (χ4n) is 3.86. The quantitative estimate of drug-likeness (QED) is 0.183. The van der Waals surface area contributed by atoms with Crippen LogP contribution in [0.2, 0.25) is 0 Å². The smallest absolute Gasteiger partial charge is 0.308 e. The summed E-state index contributed by atoms with van der Waals surface area (Å²) in [6.07, 6.45) is 4.47. The summed E-state index contributed by atoms with van der Waals surface area (Å²) < 4.78 is 16.4. The van der Waals surface area contributed by atoms with Crippen LogP contribution in [0.5, 0.6) is 17.2 Å². The van der Waals surface area contributed by atoms with E-state index in [-0.39, 0.29) is 19.6 Å². The van der Waals surface area contributed by atoms with Crippen molar-refractivity contribution in [2.75, 3.05) is 6.61 Å². The number of aliphatic carboxylic acids is 1. The van der Waals surface area contributed by atoms with Crippen molar-refractivity contribution < 1.29 is 33.7 Å². The number of benzene rings is 3. The molecule has 36 heavy (non-hydrogen) atoms. The highest BCUT2D eigenvalue weighted by atomic mass is 16.6. The monoisotopic (exact) mass is 494 g/mol. The van der Waals surface area contributed by atoms with E-state index in [9.17, 15) is 14.4 Å². The molecule has 0 unspecified atom stereocenters. The number of para-hydroxylation sites is 1. The Hall–Kier alpha value is -3.87. The van der Waals surface area contributed by atoms with Crippen LogP contribution in [0.25, 0.3) is 10.8 Å². The number of hydrogen-bond donors (Lipinski definition) is 1. The number of carboxylic acid groups (broad SMARTS) is 1. The molecule has 0 aromatic heterocycles. The average Bonchev–Trinajstić information content (AvgIpc) is 2.79. The van der Waals surface area contributed by atoms with E-state index < -0.39 is 17.9 Å². The first-order chi connectivity index (χ1) is 16.8. The molecule has 1 N–H and O–H groups in total. The van der Waals surface area contributed by atoms with E-state index in [1.807, 2.05) is 42.5 Å². The summed E-state index contributed by atoms with van der Waals surface area (Å²) in [5.74, 6) is -0.416. The summed E-state index contributed by atoms with van der Waals surface area (Å²) in [4.78, 5) is 33.7. The molecular weight excluding hydrogens is 460 g/mol. The average molecular weight is 495 g/mol. The van der Waals surface area contributed by atoms with Gasteiger partial charge in [0, 0.05) is 13.8 Å². The van der Waals surface area contributed by atoms with Gasteiger partial charge in [-0.25, -0.2) is 0 Å². The van der Waals surface area contributed by atoms with Crippen LogP contribution in [0, 0.1) is 0 Å². The lowest BCUT2D eigenvalue weighted by Crippen LogP contribution is -2.09. The van der Waals surface area contributed by atoms with E-state index in [2.05, 4.69) is 0 Å². The second-order valence-corrected chi connectivity index (χ2v) is 8.36. The van der Waals surface area contributed by atoms with Crippen LogP contribution < -0.4 is 14.2 Å². The third kappa shape index (κ3) is 8.73. The van der Waals surface area contributed by atoms with Crippen LogP contribution in [0.15, 0.2) is 54.6 Å². The predicted octanol–water partition coefficient (Wildman–Crippen LogP) is 6.14. The number of ether oxygens (including phenoxy) is 3. The third-order valence-corrected chi connectivity index (χ3v) is 5.40. The van der Waals surface area contributed by atoms with Crippen molar-refractivity contribution in [3.63, 3.8) is 0 Å². The van der Waals surface area contributed by atoms with Crippen molar-refractivity contribution in [3.05, 3.63) is 65.7 Å². The molecule has 0 amide bonds. The second-order valence-electron chi connectivity index (χ2n) is 8.36. The zero-order chi connectivity index (χ0) is 25.2. The molecule has 0 bridgehead atoms. The van der Waals surface area contributed by atoms with Crippen LogP contribution in [0.4, 0.5) is 0 Å². The molecule has 3 aromatic carbocycles. The van der Waals surface area contributed by atoms with E-state index in [1.54, 1.807) is 12.1 Å². The maximum Gasteiger partial charge on any atom is 0.308 e. The van der Waals surface area contributed by atoms with E-state index in [0.717, 1.165) is 53.3 Å². The van der Waals surface area contributed by atoms with Gasteiger partial charge in [-0.2, -0.15) is 0 Å². The first kappa shape index (κ1) is 28.4. The standard InChI is InChI=1S/C28H30O7.CH4/c1-19(29)34-26-10-7-9-22(28(26)35-20(2)30)8-5-3-4-6-15-33-25-14-13-23-16-21(17-27(31)32)11-12-24(23)18-25;/h7,9-14,16,18H,3-6,8,15,17H2,1-2H3,(H,31,32);1H4. The number of aryl methyl sites for hydroxylation is 1. The van der Waals surface area contributed by atoms with Gasteiger partial charge in [-0.15, -0.1) is 0 Å². The van der Waals surface area contributed by atoms with Crippen molar-refractivity contribution in [1.82, 2.24) is 0 Å². The molecule has 0 saturated carbocycles. The van der Waals surface area contributed by atoms with Crippen molar-refractivity contribution in [2.45, 2.75) is 59.8 Å². The fourth-order valence-corrected chi connectivity index (χ4v) is 3.86. The lowest BCUT2D eigenvalue weighted by molar-refractivity contribution is -0.136. The molecule has 0 radical (unpaired) electrons. The Bertz CT molecular complexity index is 1200. The molecule has 0 atom stereocenters. The molecule has 192 valence electrons. The molecule has 0 aliphatic heterocycles. The zero-order valence-electron chi connectivity index (χ0n) is 20.0. The molecule has 0 aliphatic rings. The third-order valence-electron chi connectivity index (χ3n) is 5.40. The number of hydrogen-bond acceptors (Lipinski definition) is 6. The lowest BCUT2D eigenvalue weighted by Gasteiger charge is -2.13. The number of carboxylic acids is 1. The van der Waals surface area contributed by atoms with Crippen LogP contribution in [-0.4, -0.2) is 29.6 Å². The van der Waals surface area contributed by atoms with Crippen LogP contribution in [-0.2, 0) is 27.2 Å². The van der Waals surface area contributed by atoms with Gasteiger partial charge in [-0.1, -0.05) is 56.7 Å². The summed E-state index contributed by atoms with van der Waals surface area (Å²) >= 11 is 0. The van der Waals surface area contributed by atoms with Gasteiger partial charge in [0.2, 0.25) is 0 Å². The normalized spacial score (nSPS) is 10.4. The van der Waals surface area contributed by atoms with E-state index in [4.69, 9.17) is 19.3 Å². The Morgan fingerprint density at radius 3 is 2.22 bits per heavy atom. The maximum absolute atomic E-state index is 11.5. The minimum Gasteiger partial charge on any atom is -0.494 e. The fraction of sp³-hybridized carbons (Fsp3) is 0.345. The Labute approximate surface area is 212 Å². The number of fused-ring (bicyclic) bond motifs is 1. The van der Waals surface area contributed by atoms with Gasteiger partial charge >= 0.3 is 17.9 Å². The Morgan fingerprint density at radius 1 is 0.806 bits per heavy atom. The van der Waals surface area contributed by atoms with Crippen molar-refractivity contribution in [2.24, 2.45) is 0 Å². The van der Waals surface area contributed by atoms with Gasteiger partial charge in [0.15, 0.2) is 11.5 Å². The molecule has 3 aromatic rings. The molecule has 7 nitrogen and oxygen atoms in total. The summed E-state index contributed by atoms with van der Waals surface area (Å²) in [5, 5.41) is 10.9. The Balaban J connectivity index is 0.00000456. The molecule has 3 rings (SSSR count). The lowest BCUT2D eigenvalue weighted by atomic mass is 10.0.